The number of aromatic nitrogens is 2. The highest BCUT2D eigenvalue weighted by molar-refractivity contribution is 5.99. The lowest BCUT2D eigenvalue weighted by molar-refractivity contribution is -0.117. The lowest BCUT2D eigenvalue weighted by Crippen LogP contribution is -2.42. The summed E-state index contributed by atoms with van der Waals surface area (Å²) in [4.78, 5) is 27.8. The van der Waals surface area contributed by atoms with Crippen molar-refractivity contribution in [2.75, 3.05) is 19.0 Å². The normalized spacial score (nSPS) is 10.7. The van der Waals surface area contributed by atoms with Crippen LogP contribution in [0.4, 0.5) is 5.82 Å². The van der Waals surface area contributed by atoms with E-state index in [2.05, 4.69) is 5.32 Å². The Kier molecular flexibility index (Phi) is 7.26. The molecule has 0 aliphatic carbocycles. The minimum absolute atomic E-state index is 0.0941. The van der Waals surface area contributed by atoms with Crippen molar-refractivity contribution < 1.29 is 14.3 Å². The zero-order valence-electron chi connectivity index (χ0n) is 20.0. The topological polar surface area (TPSA) is 76.5 Å². The number of anilines is 1. The molecule has 0 fully saturated rings. The summed E-state index contributed by atoms with van der Waals surface area (Å²) in [5, 5.41) is 7.68. The Hall–Kier alpha value is -4.39. The second kappa shape index (κ2) is 10.7. The first-order valence-corrected chi connectivity index (χ1v) is 11.4. The molecule has 2 amide bonds. The molecule has 7 heteroatoms. The van der Waals surface area contributed by atoms with E-state index in [-0.39, 0.29) is 24.4 Å². The van der Waals surface area contributed by atoms with Crippen LogP contribution in [0.2, 0.25) is 0 Å². The van der Waals surface area contributed by atoms with Crippen molar-refractivity contribution in [2.45, 2.75) is 19.9 Å². The molecule has 0 atom stereocenters. The fourth-order valence-corrected chi connectivity index (χ4v) is 3.71. The van der Waals surface area contributed by atoms with Gasteiger partial charge in [0.2, 0.25) is 5.91 Å². The number of nitrogens with zero attached hydrogens (tertiary/aromatic N) is 3. The molecule has 4 rings (SSSR count). The van der Waals surface area contributed by atoms with Gasteiger partial charge in [-0.25, -0.2) is 4.68 Å². The number of benzene rings is 3. The number of ether oxygens (including phenoxy) is 1. The standard InChI is InChI=1S/C28H28N4O3/c1-20(2)31(28(34)22-14-16-24(35-3)17-15-22)19-27(33)29-26-18-25(21-10-6-4-7-11-21)30-32(26)23-12-8-5-9-13-23/h4-18,20H,19H2,1-3H3,(H,29,33). The SMILES string of the molecule is COc1ccc(C(=O)N(CC(=O)Nc2cc(-c3ccccc3)nn2-c2ccccc2)C(C)C)cc1. The first-order valence-electron chi connectivity index (χ1n) is 11.4. The van der Waals surface area contributed by atoms with Gasteiger partial charge in [0, 0.05) is 23.2 Å². The fourth-order valence-electron chi connectivity index (χ4n) is 3.71. The number of rotatable bonds is 8. The van der Waals surface area contributed by atoms with E-state index in [4.69, 9.17) is 9.84 Å². The molecule has 1 aromatic heterocycles. The highest BCUT2D eigenvalue weighted by atomic mass is 16.5. The van der Waals surface area contributed by atoms with Crippen LogP contribution in [-0.4, -0.2) is 46.2 Å². The van der Waals surface area contributed by atoms with Crippen molar-refractivity contribution in [3.63, 3.8) is 0 Å². The Morgan fingerprint density at radius 1 is 0.943 bits per heavy atom. The third-order valence-electron chi connectivity index (χ3n) is 5.58. The molecular weight excluding hydrogens is 440 g/mol. The number of para-hydroxylation sites is 1. The zero-order chi connectivity index (χ0) is 24.8. The second-order valence-corrected chi connectivity index (χ2v) is 8.33. The summed E-state index contributed by atoms with van der Waals surface area (Å²) in [6.45, 7) is 3.68. The average molecular weight is 469 g/mol. The van der Waals surface area contributed by atoms with Gasteiger partial charge in [0.15, 0.2) is 0 Å². The monoisotopic (exact) mass is 468 g/mol. The van der Waals surface area contributed by atoms with Crippen LogP contribution in [0.15, 0.2) is 91.0 Å². The average Bonchev–Trinajstić information content (AvgIpc) is 3.31. The molecule has 0 radical (unpaired) electrons. The largest absolute Gasteiger partial charge is 0.497 e. The zero-order valence-corrected chi connectivity index (χ0v) is 20.0. The maximum atomic E-state index is 13.1. The van der Waals surface area contributed by atoms with Gasteiger partial charge in [0.25, 0.3) is 5.91 Å². The Morgan fingerprint density at radius 2 is 1.57 bits per heavy atom. The van der Waals surface area contributed by atoms with Gasteiger partial charge in [-0.2, -0.15) is 5.10 Å². The number of carbonyl (C=O) groups excluding carboxylic acids is 2. The Morgan fingerprint density at radius 3 is 2.17 bits per heavy atom. The molecule has 35 heavy (non-hydrogen) atoms. The van der Waals surface area contributed by atoms with E-state index < -0.39 is 0 Å². The minimum Gasteiger partial charge on any atom is -0.497 e. The first kappa shape index (κ1) is 23.8. The van der Waals surface area contributed by atoms with Crippen LogP contribution in [0.25, 0.3) is 16.9 Å². The lowest BCUT2D eigenvalue weighted by Gasteiger charge is -2.26. The van der Waals surface area contributed by atoms with E-state index in [1.807, 2.05) is 80.6 Å². The van der Waals surface area contributed by atoms with Crippen LogP contribution in [0.5, 0.6) is 5.75 Å². The number of hydrogen-bond acceptors (Lipinski definition) is 4. The van der Waals surface area contributed by atoms with Crippen molar-refractivity contribution in [2.24, 2.45) is 0 Å². The van der Waals surface area contributed by atoms with Crippen LogP contribution < -0.4 is 10.1 Å². The lowest BCUT2D eigenvalue weighted by atomic mass is 10.1. The van der Waals surface area contributed by atoms with Gasteiger partial charge in [-0.15, -0.1) is 0 Å². The number of hydrogen-bond donors (Lipinski definition) is 1. The first-order chi connectivity index (χ1) is 17.0. The summed E-state index contributed by atoms with van der Waals surface area (Å²) in [5.41, 5.74) is 2.99. The Balaban J connectivity index is 1.58. The van der Waals surface area contributed by atoms with Gasteiger partial charge in [0.1, 0.15) is 18.1 Å². The summed E-state index contributed by atoms with van der Waals surface area (Å²) in [6, 6.07) is 27.9. The smallest absolute Gasteiger partial charge is 0.254 e. The van der Waals surface area contributed by atoms with Gasteiger partial charge in [0.05, 0.1) is 18.5 Å². The molecule has 0 aliphatic rings. The number of amides is 2. The van der Waals surface area contributed by atoms with Gasteiger partial charge < -0.3 is 15.0 Å². The summed E-state index contributed by atoms with van der Waals surface area (Å²) < 4.78 is 6.87. The van der Waals surface area contributed by atoms with Gasteiger partial charge in [-0.1, -0.05) is 48.5 Å². The number of nitrogens with one attached hydrogen (secondary N) is 1. The third-order valence-corrected chi connectivity index (χ3v) is 5.58. The molecule has 0 bridgehead atoms. The van der Waals surface area contributed by atoms with Crippen LogP contribution >= 0.6 is 0 Å². The predicted octanol–water partition coefficient (Wildman–Crippen LogP) is 5.04. The predicted molar refractivity (Wildman–Crippen MR) is 137 cm³/mol. The Labute approximate surface area is 205 Å². The van der Waals surface area contributed by atoms with Crippen molar-refractivity contribution in [3.05, 3.63) is 96.6 Å². The molecule has 0 aliphatic heterocycles. The summed E-state index contributed by atoms with van der Waals surface area (Å²) in [7, 11) is 1.57. The fraction of sp³-hybridized carbons (Fsp3) is 0.179. The summed E-state index contributed by atoms with van der Waals surface area (Å²) in [5.74, 6) is 0.663. The van der Waals surface area contributed by atoms with Crippen LogP contribution in [0, 0.1) is 0 Å². The van der Waals surface area contributed by atoms with Crippen molar-refractivity contribution in [1.29, 1.82) is 0 Å². The molecule has 1 heterocycles. The second-order valence-electron chi connectivity index (χ2n) is 8.33. The highest BCUT2D eigenvalue weighted by Gasteiger charge is 2.23. The maximum absolute atomic E-state index is 13.1. The number of methoxy groups -OCH3 is 1. The van der Waals surface area contributed by atoms with Crippen molar-refractivity contribution >= 4 is 17.6 Å². The maximum Gasteiger partial charge on any atom is 0.254 e. The molecule has 3 aromatic carbocycles. The van der Waals surface area contributed by atoms with Gasteiger partial charge >= 0.3 is 0 Å². The molecule has 1 N–H and O–H groups in total. The minimum atomic E-state index is -0.308. The van der Waals surface area contributed by atoms with Crippen LogP contribution in [-0.2, 0) is 4.79 Å². The van der Waals surface area contributed by atoms with E-state index in [1.54, 1.807) is 41.0 Å². The molecule has 7 nitrogen and oxygen atoms in total. The van der Waals surface area contributed by atoms with Gasteiger partial charge in [-0.3, -0.25) is 9.59 Å². The Bertz CT molecular complexity index is 1280. The van der Waals surface area contributed by atoms with E-state index >= 15 is 0 Å². The van der Waals surface area contributed by atoms with E-state index in [0.717, 1.165) is 16.9 Å². The van der Waals surface area contributed by atoms with E-state index in [1.165, 1.54) is 0 Å². The highest BCUT2D eigenvalue weighted by Crippen LogP contribution is 2.25. The molecule has 4 aromatic rings. The number of carbonyl (C=O) groups is 2. The molecule has 0 unspecified atom stereocenters. The molecule has 0 saturated carbocycles. The molecule has 178 valence electrons. The van der Waals surface area contributed by atoms with Crippen LogP contribution in [0.1, 0.15) is 24.2 Å². The summed E-state index contributed by atoms with van der Waals surface area (Å²) >= 11 is 0. The van der Waals surface area contributed by atoms with Crippen LogP contribution in [0.3, 0.4) is 0 Å². The quantitative estimate of drug-likeness (QED) is 0.393. The van der Waals surface area contributed by atoms with Crippen molar-refractivity contribution in [3.8, 4) is 22.7 Å². The molecular formula is C28H28N4O3. The molecule has 0 spiro atoms. The van der Waals surface area contributed by atoms with E-state index in [0.29, 0.717) is 17.1 Å². The van der Waals surface area contributed by atoms with Gasteiger partial charge in [-0.05, 0) is 50.2 Å². The third kappa shape index (κ3) is 5.58. The molecule has 0 saturated heterocycles. The van der Waals surface area contributed by atoms with Crippen molar-refractivity contribution in [1.82, 2.24) is 14.7 Å². The van der Waals surface area contributed by atoms with E-state index in [9.17, 15) is 9.59 Å². The summed E-state index contributed by atoms with van der Waals surface area (Å²) in [6.07, 6.45) is 0.